The average molecular weight is 209 g/mol. The molecule has 0 unspecified atom stereocenters. The molecule has 2 nitrogen and oxygen atoms in total. The highest BCUT2D eigenvalue weighted by Gasteiger charge is 2.39. The highest BCUT2D eigenvalue weighted by atomic mass is 19.1. The van der Waals surface area contributed by atoms with Gasteiger partial charge < -0.3 is 10.5 Å². The van der Waals surface area contributed by atoms with Crippen LogP contribution in [-0.2, 0) is 0 Å². The molecule has 2 N–H and O–H groups in total. The molecule has 1 aromatic carbocycles. The van der Waals surface area contributed by atoms with Gasteiger partial charge in [-0.1, -0.05) is 0 Å². The minimum Gasteiger partial charge on any atom is -0.496 e. The fourth-order valence-electron chi connectivity index (χ4n) is 2.03. The Bertz CT molecular complexity index is 378. The van der Waals surface area contributed by atoms with Gasteiger partial charge in [-0.05, 0) is 49.4 Å². The minimum atomic E-state index is -0.159. The number of hydrogen-bond donors (Lipinski definition) is 1. The van der Waals surface area contributed by atoms with E-state index in [0.717, 1.165) is 17.7 Å². The zero-order chi connectivity index (χ0) is 11.0. The molecule has 0 aromatic heterocycles. The van der Waals surface area contributed by atoms with Gasteiger partial charge in [0.1, 0.15) is 11.6 Å². The normalized spacial score (nSPS) is 24.0. The third kappa shape index (κ3) is 1.84. The summed E-state index contributed by atoms with van der Waals surface area (Å²) in [7, 11) is 1.62. The lowest BCUT2D eigenvalue weighted by atomic mass is 10.0. The molecule has 0 heterocycles. The predicted octanol–water partition coefficient (Wildman–Crippen LogP) is 2.20. The molecule has 0 bridgehead atoms. The van der Waals surface area contributed by atoms with Crippen molar-refractivity contribution in [3.63, 3.8) is 0 Å². The molecule has 82 valence electrons. The van der Waals surface area contributed by atoms with Crippen LogP contribution in [-0.4, -0.2) is 13.7 Å². The van der Waals surface area contributed by atoms with Gasteiger partial charge in [0.05, 0.1) is 7.11 Å². The van der Waals surface area contributed by atoms with Gasteiger partial charge in [0, 0.05) is 5.56 Å². The summed E-state index contributed by atoms with van der Waals surface area (Å²) in [4.78, 5) is 0. The summed E-state index contributed by atoms with van der Waals surface area (Å²) >= 11 is 0. The van der Waals surface area contributed by atoms with E-state index in [1.54, 1.807) is 26.2 Å². The molecule has 1 aliphatic rings. The first kappa shape index (κ1) is 10.4. The second kappa shape index (κ2) is 3.81. The van der Waals surface area contributed by atoms with E-state index < -0.39 is 0 Å². The van der Waals surface area contributed by atoms with Gasteiger partial charge in [-0.25, -0.2) is 4.39 Å². The molecule has 1 aliphatic carbocycles. The largest absolute Gasteiger partial charge is 0.496 e. The second-order valence-corrected chi connectivity index (χ2v) is 4.18. The Balaban J connectivity index is 2.34. The van der Waals surface area contributed by atoms with Crippen molar-refractivity contribution >= 4 is 0 Å². The maximum absolute atomic E-state index is 13.4. The average Bonchev–Trinajstić information content (AvgIpc) is 3.00. The summed E-state index contributed by atoms with van der Waals surface area (Å²) < 4.78 is 18.7. The Hall–Kier alpha value is -1.09. The van der Waals surface area contributed by atoms with Crippen LogP contribution >= 0.6 is 0 Å². The van der Waals surface area contributed by atoms with Gasteiger partial charge >= 0.3 is 0 Å². The topological polar surface area (TPSA) is 35.2 Å². The molecule has 15 heavy (non-hydrogen) atoms. The lowest BCUT2D eigenvalue weighted by Crippen LogP contribution is -2.03. The fourth-order valence-corrected chi connectivity index (χ4v) is 2.03. The number of aryl methyl sites for hydroxylation is 1. The van der Waals surface area contributed by atoms with Crippen LogP contribution < -0.4 is 10.5 Å². The van der Waals surface area contributed by atoms with Gasteiger partial charge in [-0.15, -0.1) is 0 Å². The van der Waals surface area contributed by atoms with Crippen molar-refractivity contribution in [3.8, 4) is 5.75 Å². The third-order valence-corrected chi connectivity index (χ3v) is 3.14. The number of nitrogens with two attached hydrogens (primary N) is 1. The van der Waals surface area contributed by atoms with E-state index in [1.165, 1.54) is 0 Å². The van der Waals surface area contributed by atoms with Crippen molar-refractivity contribution in [1.82, 2.24) is 0 Å². The highest BCUT2D eigenvalue weighted by Crippen LogP contribution is 2.50. The standard InChI is InChI=1S/C12H16FNO/c1-7-3-12(15-2)10(5-11(7)13)9-4-8(9)6-14/h3,5,8-9H,4,6,14H2,1-2H3/t8-,9+/m0/s1. The molecule has 2 atom stereocenters. The number of ether oxygens (including phenoxy) is 1. The fraction of sp³-hybridized carbons (Fsp3) is 0.500. The first-order valence-corrected chi connectivity index (χ1v) is 5.21. The Kier molecular flexibility index (Phi) is 2.65. The molecule has 1 aromatic rings. The molecule has 0 spiro atoms. The number of halogens is 1. The SMILES string of the molecule is COc1cc(C)c(F)cc1[C@@H]1C[C@H]1CN. The molecule has 0 aliphatic heterocycles. The predicted molar refractivity (Wildman–Crippen MR) is 57.6 cm³/mol. The summed E-state index contributed by atoms with van der Waals surface area (Å²) in [5, 5.41) is 0. The first-order valence-electron chi connectivity index (χ1n) is 5.21. The molecule has 0 amide bonds. The number of methoxy groups -OCH3 is 1. The zero-order valence-electron chi connectivity index (χ0n) is 9.09. The summed E-state index contributed by atoms with van der Waals surface area (Å²) in [6.07, 6.45) is 1.05. The number of benzene rings is 1. The maximum Gasteiger partial charge on any atom is 0.126 e. The van der Waals surface area contributed by atoms with Crippen LogP contribution in [0.1, 0.15) is 23.5 Å². The third-order valence-electron chi connectivity index (χ3n) is 3.14. The second-order valence-electron chi connectivity index (χ2n) is 4.18. The minimum absolute atomic E-state index is 0.159. The molecule has 0 radical (unpaired) electrons. The van der Waals surface area contributed by atoms with Crippen LogP contribution in [0.4, 0.5) is 4.39 Å². The van der Waals surface area contributed by atoms with E-state index in [9.17, 15) is 4.39 Å². The van der Waals surface area contributed by atoms with E-state index >= 15 is 0 Å². The van der Waals surface area contributed by atoms with Gasteiger partial charge in [0.25, 0.3) is 0 Å². The van der Waals surface area contributed by atoms with Crippen LogP contribution in [0.3, 0.4) is 0 Å². The zero-order valence-corrected chi connectivity index (χ0v) is 9.09. The maximum atomic E-state index is 13.4. The van der Waals surface area contributed by atoms with Crippen molar-refractivity contribution in [2.24, 2.45) is 11.7 Å². The van der Waals surface area contributed by atoms with Crippen LogP contribution in [0.5, 0.6) is 5.75 Å². The van der Waals surface area contributed by atoms with E-state index in [0.29, 0.717) is 23.9 Å². The van der Waals surface area contributed by atoms with Crippen molar-refractivity contribution in [2.75, 3.05) is 13.7 Å². The molecular formula is C12H16FNO. The molecule has 1 saturated carbocycles. The first-order chi connectivity index (χ1) is 7.17. The Morgan fingerprint density at radius 2 is 2.27 bits per heavy atom. The van der Waals surface area contributed by atoms with Crippen molar-refractivity contribution in [2.45, 2.75) is 19.3 Å². The molecule has 2 rings (SSSR count). The lowest BCUT2D eigenvalue weighted by molar-refractivity contribution is 0.407. The Labute approximate surface area is 89.2 Å². The van der Waals surface area contributed by atoms with Crippen molar-refractivity contribution in [1.29, 1.82) is 0 Å². The van der Waals surface area contributed by atoms with Crippen LogP contribution in [0.25, 0.3) is 0 Å². The van der Waals surface area contributed by atoms with Crippen molar-refractivity contribution < 1.29 is 9.13 Å². The monoisotopic (exact) mass is 209 g/mol. The highest BCUT2D eigenvalue weighted by molar-refractivity contribution is 5.43. The van der Waals surface area contributed by atoms with Crippen LogP contribution in [0.2, 0.25) is 0 Å². The Morgan fingerprint density at radius 1 is 1.53 bits per heavy atom. The van der Waals surface area contributed by atoms with Crippen LogP contribution in [0.15, 0.2) is 12.1 Å². The smallest absolute Gasteiger partial charge is 0.126 e. The Morgan fingerprint density at radius 3 is 2.80 bits per heavy atom. The van der Waals surface area contributed by atoms with Gasteiger partial charge in [-0.2, -0.15) is 0 Å². The lowest BCUT2D eigenvalue weighted by Gasteiger charge is -2.09. The van der Waals surface area contributed by atoms with Crippen molar-refractivity contribution in [3.05, 3.63) is 29.1 Å². The summed E-state index contributed by atoms with van der Waals surface area (Å²) in [6, 6.07) is 3.35. The molecule has 3 heteroatoms. The molecule has 0 saturated heterocycles. The number of hydrogen-bond acceptors (Lipinski definition) is 2. The van der Waals surface area contributed by atoms with Gasteiger partial charge in [-0.3, -0.25) is 0 Å². The van der Waals surface area contributed by atoms with Gasteiger partial charge in [0.15, 0.2) is 0 Å². The quantitative estimate of drug-likeness (QED) is 0.828. The summed E-state index contributed by atoms with van der Waals surface area (Å²) in [5.74, 6) is 1.52. The van der Waals surface area contributed by atoms with Gasteiger partial charge in [0.2, 0.25) is 0 Å². The molecular weight excluding hydrogens is 193 g/mol. The summed E-state index contributed by atoms with van der Waals surface area (Å²) in [6.45, 7) is 2.41. The van der Waals surface area contributed by atoms with E-state index in [-0.39, 0.29) is 5.82 Å². The number of rotatable bonds is 3. The van der Waals surface area contributed by atoms with E-state index in [1.807, 2.05) is 0 Å². The molecule has 1 fully saturated rings. The van der Waals surface area contributed by atoms with E-state index in [4.69, 9.17) is 10.5 Å². The van der Waals surface area contributed by atoms with Crippen LogP contribution in [0, 0.1) is 18.7 Å². The summed E-state index contributed by atoms with van der Waals surface area (Å²) in [5.41, 5.74) is 7.18. The van der Waals surface area contributed by atoms with E-state index in [2.05, 4.69) is 0 Å².